The summed E-state index contributed by atoms with van der Waals surface area (Å²) in [6, 6.07) is 0. The molecule has 0 amide bonds. The molecule has 0 aliphatic carbocycles. The summed E-state index contributed by atoms with van der Waals surface area (Å²) in [7, 11) is -1.77. The van der Waals surface area contributed by atoms with E-state index in [4.69, 9.17) is 0 Å². The van der Waals surface area contributed by atoms with Crippen molar-refractivity contribution in [2.24, 2.45) is 0 Å². The molecule has 0 unspecified atom stereocenters. The molecule has 0 aromatic carbocycles. The van der Waals surface area contributed by atoms with Crippen LogP contribution in [0, 0.1) is 0 Å². The predicted molar refractivity (Wildman–Crippen MR) is 41.5 cm³/mol. The zero-order valence-corrected chi connectivity index (χ0v) is 10.6. The van der Waals surface area contributed by atoms with Crippen molar-refractivity contribution in [3.63, 3.8) is 0 Å². The van der Waals surface area contributed by atoms with Crippen LogP contribution in [0.2, 0.25) is 0 Å². The van der Waals surface area contributed by atoms with E-state index in [1.807, 2.05) is 0 Å². The second-order valence-electron chi connectivity index (χ2n) is 0.350. The molecule has 5 heteroatoms. The SMILES string of the molecule is Br[Te](Br)(Br)Br. The van der Waals surface area contributed by atoms with Gasteiger partial charge in [-0.1, -0.05) is 0 Å². The first-order valence-electron chi connectivity index (χ1n) is 0.617. The molecule has 0 aliphatic rings. The van der Waals surface area contributed by atoms with Gasteiger partial charge in [-0.15, -0.1) is 0 Å². The van der Waals surface area contributed by atoms with Gasteiger partial charge in [0.1, 0.15) is 0 Å². The van der Waals surface area contributed by atoms with Crippen molar-refractivity contribution in [3.8, 4) is 0 Å². The molecule has 0 saturated carbocycles. The Morgan fingerprint density at radius 1 is 0.800 bits per heavy atom. The Bertz CT molecular complexity index is 19.1. The van der Waals surface area contributed by atoms with Gasteiger partial charge in [-0.3, -0.25) is 0 Å². The maximum atomic E-state index is 3.32. The fourth-order valence-corrected chi connectivity index (χ4v) is 0. The maximum absolute atomic E-state index is 3.32. The van der Waals surface area contributed by atoms with E-state index in [1.165, 1.54) is 0 Å². The molecule has 5 heavy (non-hydrogen) atoms. The fourth-order valence-electron chi connectivity index (χ4n) is 0. The van der Waals surface area contributed by atoms with E-state index in [0.717, 1.165) is 0 Å². The first-order valence-corrected chi connectivity index (χ1v) is 21.5. The van der Waals surface area contributed by atoms with Gasteiger partial charge in [-0.25, -0.2) is 0 Å². The average molecular weight is 447 g/mol. The normalized spacial score (nSPS) is 15.2. The third kappa shape index (κ3) is 20.3. The second-order valence-corrected chi connectivity index (χ2v) is 63.4. The Morgan fingerprint density at radius 3 is 0.800 bits per heavy atom. The standard InChI is InChI=1S/Br4Te/c1-5(2,3)4. The fraction of sp³-hybridized carbons (Fsp3) is 0. The predicted octanol–water partition coefficient (Wildman–Crippen LogP) is 3.00. The molecule has 0 bridgehead atoms. The van der Waals surface area contributed by atoms with Crippen molar-refractivity contribution in [1.29, 1.82) is 0 Å². The van der Waals surface area contributed by atoms with Crippen molar-refractivity contribution < 1.29 is 0 Å². The van der Waals surface area contributed by atoms with E-state index in [1.54, 1.807) is 0 Å². The van der Waals surface area contributed by atoms with Crippen molar-refractivity contribution in [2.45, 2.75) is 0 Å². The number of rotatable bonds is 0. The molecule has 0 aromatic rings. The molecule has 0 spiro atoms. The molecular formula is Br4Te. The summed E-state index contributed by atoms with van der Waals surface area (Å²) in [5, 5.41) is 0. The third-order valence-electron chi connectivity index (χ3n) is 0. The van der Waals surface area contributed by atoms with Gasteiger partial charge in [-0.05, 0) is 0 Å². The van der Waals surface area contributed by atoms with Crippen LogP contribution in [0.4, 0.5) is 0 Å². The number of hydrogen-bond acceptors (Lipinski definition) is 0. The van der Waals surface area contributed by atoms with Crippen LogP contribution in [0.15, 0.2) is 0 Å². The van der Waals surface area contributed by atoms with E-state index in [-0.39, 0.29) is 0 Å². The van der Waals surface area contributed by atoms with Gasteiger partial charge in [0.05, 0.1) is 0 Å². The van der Waals surface area contributed by atoms with Gasteiger partial charge in [0.2, 0.25) is 0 Å². The second kappa shape index (κ2) is 2.88. The zero-order chi connectivity index (χ0) is 4.50. The Hall–Kier alpha value is 2.71. The van der Waals surface area contributed by atoms with Gasteiger partial charge in [0.15, 0.2) is 0 Å². The van der Waals surface area contributed by atoms with Gasteiger partial charge in [-0.2, -0.15) is 0 Å². The van der Waals surface area contributed by atoms with E-state index in [9.17, 15) is 0 Å². The molecule has 0 aliphatic heterocycles. The van der Waals surface area contributed by atoms with Crippen LogP contribution in [0.3, 0.4) is 0 Å². The van der Waals surface area contributed by atoms with E-state index < -0.39 is 9.35 Å². The zero-order valence-electron chi connectivity index (χ0n) is 1.92. The summed E-state index contributed by atoms with van der Waals surface area (Å²) >= 11 is 13.3. The summed E-state index contributed by atoms with van der Waals surface area (Å²) in [5.74, 6) is 0. The van der Waals surface area contributed by atoms with Crippen LogP contribution >= 0.6 is 51.0 Å². The van der Waals surface area contributed by atoms with Gasteiger partial charge >= 0.3 is 60.4 Å². The first-order chi connectivity index (χ1) is 2.00. The monoisotopic (exact) mass is 446 g/mol. The molecule has 0 fully saturated rings. The Labute approximate surface area is 59.0 Å². The molecular weight excluding hydrogens is 447 g/mol. The van der Waals surface area contributed by atoms with E-state index in [0.29, 0.717) is 0 Å². The van der Waals surface area contributed by atoms with Crippen LogP contribution in [-0.2, 0) is 0 Å². The van der Waals surface area contributed by atoms with Crippen LogP contribution < -0.4 is 0 Å². The molecule has 34 valence electrons. The first kappa shape index (κ1) is 7.71. The summed E-state index contributed by atoms with van der Waals surface area (Å²) in [5.41, 5.74) is 0. The molecule has 0 aromatic heterocycles. The summed E-state index contributed by atoms with van der Waals surface area (Å²) in [6.07, 6.45) is 0. The van der Waals surface area contributed by atoms with Crippen molar-refractivity contribution in [3.05, 3.63) is 0 Å². The Balaban J connectivity index is 3.02. The summed E-state index contributed by atoms with van der Waals surface area (Å²) < 4.78 is 0. The minimum atomic E-state index is -1.77. The van der Waals surface area contributed by atoms with Crippen LogP contribution in [0.25, 0.3) is 0 Å². The van der Waals surface area contributed by atoms with Gasteiger partial charge in [0.25, 0.3) is 0 Å². The molecule has 0 heterocycles. The number of hydrogen-bond donors (Lipinski definition) is 0. The molecule has 0 rings (SSSR count). The minimum absolute atomic E-state index is 1.77. The van der Waals surface area contributed by atoms with Gasteiger partial charge in [0, 0.05) is 0 Å². The summed E-state index contributed by atoms with van der Waals surface area (Å²) in [6.45, 7) is 0. The Morgan fingerprint density at radius 2 is 0.800 bits per heavy atom. The Kier molecular flexibility index (Phi) is 4.45. The number of halogens is 4. The molecule has 0 radical (unpaired) electrons. The van der Waals surface area contributed by atoms with Crippen LogP contribution in [0.5, 0.6) is 0 Å². The van der Waals surface area contributed by atoms with Crippen LogP contribution in [-0.4, -0.2) is 9.35 Å². The molecule has 0 nitrogen and oxygen atoms in total. The molecule has 0 saturated heterocycles. The summed E-state index contributed by atoms with van der Waals surface area (Å²) in [4.78, 5) is 0. The van der Waals surface area contributed by atoms with Crippen molar-refractivity contribution >= 4 is 60.4 Å². The molecule has 0 atom stereocenters. The van der Waals surface area contributed by atoms with Crippen molar-refractivity contribution in [1.82, 2.24) is 0 Å². The van der Waals surface area contributed by atoms with Crippen LogP contribution in [0.1, 0.15) is 0 Å². The topological polar surface area (TPSA) is 0 Å². The third-order valence-corrected chi connectivity index (χ3v) is 0. The van der Waals surface area contributed by atoms with E-state index in [2.05, 4.69) is 51.0 Å². The van der Waals surface area contributed by atoms with E-state index >= 15 is 0 Å². The van der Waals surface area contributed by atoms with Crippen molar-refractivity contribution in [2.75, 3.05) is 0 Å². The molecule has 0 N–H and O–H groups in total. The average Bonchev–Trinajstić information content (AvgIpc) is 0.722. The quantitative estimate of drug-likeness (QED) is 0.502. The van der Waals surface area contributed by atoms with Gasteiger partial charge < -0.3 is 0 Å².